The Bertz CT molecular complexity index is 875. The maximum absolute atomic E-state index is 13.0. The van der Waals surface area contributed by atoms with Crippen molar-refractivity contribution in [2.24, 2.45) is 0 Å². The van der Waals surface area contributed by atoms with Crippen LogP contribution in [0.1, 0.15) is 64.1 Å². The summed E-state index contributed by atoms with van der Waals surface area (Å²) in [6.45, 7) is 10.1. The number of para-hydroxylation sites is 1. The molecule has 0 fully saturated rings. The Hall–Kier alpha value is -2.69. The Morgan fingerprint density at radius 1 is 1.17 bits per heavy atom. The highest BCUT2D eigenvalue weighted by Crippen LogP contribution is 2.41. The second-order valence-electron chi connectivity index (χ2n) is 8.48. The molecular formula is C24H31NO4. The highest BCUT2D eigenvalue weighted by molar-refractivity contribution is 5.81. The van der Waals surface area contributed by atoms with E-state index in [9.17, 15) is 4.79 Å². The zero-order chi connectivity index (χ0) is 21.2. The summed E-state index contributed by atoms with van der Waals surface area (Å²) in [5.74, 6) is 2.42. The molecule has 0 saturated carbocycles. The number of ether oxygens (including phenoxy) is 3. The minimum Gasteiger partial charge on any atom is -0.497 e. The molecule has 0 spiro atoms. The molecule has 1 amide bonds. The molecule has 0 radical (unpaired) electrons. The van der Waals surface area contributed by atoms with Crippen LogP contribution in [0.5, 0.6) is 17.2 Å². The SMILES string of the molecule is COc1ccc2c(c1)[C@@H](NC(=O)[C@@H](C)Oc1ccccc1C(C)C)CC(C)(C)O2. The first-order valence-electron chi connectivity index (χ1n) is 10.1. The van der Waals surface area contributed by atoms with Gasteiger partial charge in [-0.15, -0.1) is 0 Å². The maximum Gasteiger partial charge on any atom is 0.261 e. The lowest BCUT2D eigenvalue weighted by atomic mass is 9.89. The lowest BCUT2D eigenvalue weighted by molar-refractivity contribution is -0.128. The lowest BCUT2D eigenvalue weighted by Crippen LogP contribution is -2.44. The number of methoxy groups -OCH3 is 1. The van der Waals surface area contributed by atoms with E-state index in [1.807, 2.05) is 56.3 Å². The number of amides is 1. The van der Waals surface area contributed by atoms with Crippen LogP contribution in [0.4, 0.5) is 0 Å². The molecule has 0 bridgehead atoms. The van der Waals surface area contributed by atoms with Gasteiger partial charge in [-0.05, 0) is 56.5 Å². The van der Waals surface area contributed by atoms with E-state index in [-0.39, 0.29) is 17.6 Å². The van der Waals surface area contributed by atoms with Crippen LogP contribution in [0.25, 0.3) is 0 Å². The first-order chi connectivity index (χ1) is 13.7. The Labute approximate surface area is 173 Å². The van der Waals surface area contributed by atoms with Crippen LogP contribution in [0.15, 0.2) is 42.5 Å². The van der Waals surface area contributed by atoms with Crippen LogP contribution in [0.2, 0.25) is 0 Å². The van der Waals surface area contributed by atoms with Crippen LogP contribution in [0, 0.1) is 0 Å². The summed E-state index contributed by atoms with van der Waals surface area (Å²) in [5, 5.41) is 3.15. The quantitative estimate of drug-likeness (QED) is 0.745. The largest absolute Gasteiger partial charge is 0.497 e. The van der Waals surface area contributed by atoms with E-state index in [1.165, 1.54) is 0 Å². The third-order valence-electron chi connectivity index (χ3n) is 5.20. The van der Waals surface area contributed by atoms with Crippen LogP contribution < -0.4 is 19.5 Å². The molecule has 0 unspecified atom stereocenters. The van der Waals surface area contributed by atoms with E-state index in [4.69, 9.17) is 14.2 Å². The van der Waals surface area contributed by atoms with Gasteiger partial charge < -0.3 is 19.5 Å². The molecule has 0 aliphatic carbocycles. The molecule has 5 nitrogen and oxygen atoms in total. The van der Waals surface area contributed by atoms with Gasteiger partial charge in [-0.3, -0.25) is 4.79 Å². The zero-order valence-corrected chi connectivity index (χ0v) is 18.1. The molecule has 1 aliphatic rings. The number of rotatable bonds is 6. The van der Waals surface area contributed by atoms with Crippen LogP contribution in [-0.4, -0.2) is 24.7 Å². The molecule has 29 heavy (non-hydrogen) atoms. The predicted molar refractivity (Wildman–Crippen MR) is 114 cm³/mol. The van der Waals surface area contributed by atoms with E-state index in [1.54, 1.807) is 14.0 Å². The first-order valence-corrected chi connectivity index (χ1v) is 10.1. The fourth-order valence-electron chi connectivity index (χ4n) is 3.69. The predicted octanol–water partition coefficient (Wildman–Crippen LogP) is 5.00. The van der Waals surface area contributed by atoms with Gasteiger partial charge in [0, 0.05) is 12.0 Å². The summed E-state index contributed by atoms with van der Waals surface area (Å²) >= 11 is 0. The van der Waals surface area contributed by atoms with Crippen molar-refractivity contribution < 1.29 is 19.0 Å². The van der Waals surface area contributed by atoms with E-state index in [0.29, 0.717) is 12.3 Å². The third kappa shape index (κ3) is 4.84. The molecule has 2 aromatic rings. The molecule has 156 valence electrons. The normalized spacial score (nSPS) is 18.4. The Kier molecular flexibility index (Phi) is 6.06. The van der Waals surface area contributed by atoms with Gasteiger partial charge in [0.1, 0.15) is 22.8 Å². The van der Waals surface area contributed by atoms with Crippen molar-refractivity contribution in [3.63, 3.8) is 0 Å². The second-order valence-corrected chi connectivity index (χ2v) is 8.48. The van der Waals surface area contributed by atoms with Crippen molar-refractivity contribution in [1.29, 1.82) is 0 Å². The third-order valence-corrected chi connectivity index (χ3v) is 5.20. The smallest absolute Gasteiger partial charge is 0.261 e. The highest BCUT2D eigenvalue weighted by atomic mass is 16.5. The van der Waals surface area contributed by atoms with E-state index in [2.05, 4.69) is 19.2 Å². The average Bonchev–Trinajstić information content (AvgIpc) is 2.67. The van der Waals surface area contributed by atoms with Gasteiger partial charge in [-0.2, -0.15) is 0 Å². The molecule has 1 N–H and O–H groups in total. The number of hydrogen-bond acceptors (Lipinski definition) is 4. The monoisotopic (exact) mass is 397 g/mol. The minimum absolute atomic E-state index is 0.153. The minimum atomic E-state index is -0.616. The molecule has 0 saturated heterocycles. The number of carbonyl (C=O) groups is 1. The summed E-state index contributed by atoms with van der Waals surface area (Å²) < 4.78 is 17.5. The van der Waals surface area contributed by atoms with Crippen molar-refractivity contribution in [3.8, 4) is 17.2 Å². The fourth-order valence-corrected chi connectivity index (χ4v) is 3.69. The number of carbonyl (C=O) groups excluding carboxylic acids is 1. The van der Waals surface area contributed by atoms with Crippen LogP contribution in [0.3, 0.4) is 0 Å². The molecule has 3 rings (SSSR count). The topological polar surface area (TPSA) is 56.8 Å². The van der Waals surface area contributed by atoms with E-state index >= 15 is 0 Å². The van der Waals surface area contributed by atoms with E-state index < -0.39 is 6.10 Å². The van der Waals surface area contributed by atoms with Crippen molar-refractivity contribution in [3.05, 3.63) is 53.6 Å². The Morgan fingerprint density at radius 3 is 2.59 bits per heavy atom. The van der Waals surface area contributed by atoms with Gasteiger partial charge >= 0.3 is 0 Å². The maximum atomic E-state index is 13.0. The van der Waals surface area contributed by atoms with Crippen LogP contribution >= 0.6 is 0 Å². The molecule has 5 heteroatoms. The number of hydrogen-bond donors (Lipinski definition) is 1. The molecular weight excluding hydrogens is 366 g/mol. The molecule has 2 aromatic carbocycles. The van der Waals surface area contributed by atoms with Gasteiger partial charge in [0.05, 0.1) is 13.2 Å². The summed E-state index contributed by atoms with van der Waals surface area (Å²) in [7, 11) is 1.63. The van der Waals surface area contributed by atoms with Crippen LogP contribution in [-0.2, 0) is 4.79 Å². The number of nitrogens with one attached hydrogen (secondary N) is 1. The zero-order valence-electron chi connectivity index (χ0n) is 18.1. The van der Waals surface area contributed by atoms with Crippen molar-refractivity contribution >= 4 is 5.91 Å². The highest BCUT2D eigenvalue weighted by Gasteiger charge is 2.35. The Balaban J connectivity index is 1.78. The molecule has 2 atom stereocenters. The lowest BCUT2D eigenvalue weighted by Gasteiger charge is -2.38. The van der Waals surface area contributed by atoms with Gasteiger partial charge in [-0.25, -0.2) is 0 Å². The second kappa shape index (κ2) is 8.36. The summed E-state index contributed by atoms with van der Waals surface area (Å²) in [4.78, 5) is 13.0. The summed E-state index contributed by atoms with van der Waals surface area (Å²) in [6, 6.07) is 13.4. The van der Waals surface area contributed by atoms with Crippen molar-refractivity contribution in [2.75, 3.05) is 7.11 Å². The molecule has 1 aliphatic heterocycles. The average molecular weight is 398 g/mol. The van der Waals surface area contributed by atoms with Gasteiger partial charge in [0.15, 0.2) is 6.10 Å². The number of fused-ring (bicyclic) bond motifs is 1. The van der Waals surface area contributed by atoms with Gasteiger partial charge in [0.25, 0.3) is 5.91 Å². The Morgan fingerprint density at radius 2 is 1.90 bits per heavy atom. The van der Waals surface area contributed by atoms with Gasteiger partial charge in [0.2, 0.25) is 0 Å². The summed E-state index contributed by atoms with van der Waals surface area (Å²) in [6.07, 6.45) is 0.0451. The molecule has 0 aromatic heterocycles. The van der Waals surface area contributed by atoms with E-state index in [0.717, 1.165) is 28.4 Å². The van der Waals surface area contributed by atoms with Crippen molar-refractivity contribution in [1.82, 2.24) is 5.32 Å². The summed E-state index contributed by atoms with van der Waals surface area (Å²) in [5.41, 5.74) is 1.63. The van der Waals surface area contributed by atoms with Gasteiger partial charge in [-0.1, -0.05) is 32.0 Å². The molecule has 1 heterocycles. The fraction of sp³-hybridized carbons (Fsp3) is 0.458. The number of benzene rings is 2. The van der Waals surface area contributed by atoms with Crippen molar-refractivity contribution in [2.45, 2.75) is 64.7 Å². The first kappa shape index (κ1) is 21.0. The standard InChI is InChI=1S/C24H31NO4/c1-15(2)18-9-7-8-10-21(18)28-16(3)23(26)25-20-14-24(4,5)29-22-12-11-17(27-6)13-19(20)22/h7-13,15-16,20H,14H2,1-6H3,(H,25,26)/t16-,20+/m1/s1.